The number of carboxylic acid groups (broad SMARTS) is 2. The van der Waals surface area contributed by atoms with Gasteiger partial charge in [-0.1, -0.05) is 12.8 Å². The first-order valence-electron chi connectivity index (χ1n) is 5.72. The Kier molecular flexibility index (Phi) is 2.56. The minimum Gasteiger partial charge on any atom is -0.480 e. The minimum absolute atomic E-state index is 0.0904. The van der Waals surface area contributed by atoms with Crippen molar-refractivity contribution >= 4 is 12.1 Å². The molecule has 0 unspecified atom stereocenters. The second-order valence-corrected chi connectivity index (χ2v) is 5.05. The van der Waals surface area contributed by atoms with E-state index in [0.717, 1.165) is 25.7 Å². The fourth-order valence-corrected chi connectivity index (χ4v) is 3.28. The van der Waals surface area contributed by atoms with Gasteiger partial charge in [-0.05, 0) is 32.1 Å². The van der Waals surface area contributed by atoms with Crippen LogP contribution in [-0.4, -0.2) is 38.8 Å². The predicted molar refractivity (Wildman–Crippen MR) is 56.3 cm³/mol. The first-order chi connectivity index (χ1) is 7.47. The van der Waals surface area contributed by atoms with E-state index in [1.807, 2.05) is 0 Å². The van der Waals surface area contributed by atoms with Crippen molar-refractivity contribution in [3.8, 4) is 0 Å². The maximum atomic E-state index is 11.3. The molecule has 1 aliphatic carbocycles. The largest absolute Gasteiger partial charge is 0.480 e. The van der Waals surface area contributed by atoms with Crippen LogP contribution in [0.15, 0.2) is 0 Å². The summed E-state index contributed by atoms with van der Waals surface area (Å²) in [5, 5.41) is 18.4. The minimum atomic E-state index is -1.23. The van der Waals surface area contributed by atoms with Crippen LogP contribution in [0.1, 0.15) is 39.0 Å². The van der Waals surface area contributed by atoms with Crippen LogP contribution in [0.2, 0.25) is 0 Å². The zero-order valence-corrected chi connectivity index (χ0v) is 9.35. The number of rotatable bonds is 1. The van der Waals surface area contributed by atoms with Crippen LogP contribution >= 0.6 is 0 Å². The lowest BCUT2D eigenvalue weighted by atomic mass is 9.83. The highest BCUT2D eigenvalue weighted by atomic mass is 16.4. The fraction of sp³-hybridized carbons (Fsp3) is 0.818. The van der Waals surface area contributed by atoms with Gasteiger partial charge >= 0.3 is 12.1 Å². The van der Waals surface area contributed by atoms with E-state index in [-0.39, 0.29) is 12.0 Å². The number of fused-ring (bicyclic) bond motifs is 1. The van der Waals surface area contributed by atoms with Crippen molar-refractivity contribution < 1.29 is 19.8 Å². The van der Waals surface area contributed by atoms with Crippen LogP contribution in [0.25, 0.3) is 0 Å². The molecule has 1 saturated carbocycles. The molecule has 2 fully saturated rings. The van der Waals surface area contributed by atoms with Gasteiger partial charge in [-0.3, -0.25) is 4.90 Å². The molecule has 2 aliphatic rings. The van der Waals surface area contributed by atoms with Crippen LogP contribution in [0.5, 0.6) is 0 Å². The average molecular weight is 227 g/mol. The van der Waals surface area contributed by atoms with E-state index in [1.165, 1.54) is 11.8 Å². The fourth-order valence-electron chi connectivity index (χ4n) is 3.28. The standard InChI is InChI=1S/C11H17NO4/c1-11(9(13)14)6-7-4-2-3-5-8(7)12(11)10(15)16/h7-8H,2-6H2,1H3,(H,13,14)(H,15,16)/t7-,8-,11+/m0/s1. The van der Waals surface area contributed by atoms with E-state index in [0.29, 0.717) is 6.42 Å². The lowest BCUT2D eigenvalue weighted by molar-refractivity contribution is -0.148. The molecule has 5 heteroatoms. The van der Waals surface area contributed by atoms with Crippen LogP contribution in [0.4, 0.5) is 4.79 Å². The molecule has 90 valence electrons. The molecule has 2 N–H and O–H groups in total. The van der Waals surface area contributed by atoms with Crippen molar-refractivity contribution in [3.05, 3.63) is 0 Å². The molecule has 1 saturated heterocycles. The smallest absolute Gasteiger partial charge is 0.408 e. The molecule has 16 heavy (non-hydrogen) atoms. The van der Waals surface area contributed by atoms with Gasteiger partial charge in [0.25, 0.3) is 0 Å². The molecule has 1 amide bonds. The number of amides is 1. The van der Waals surface area contributed by atoms with Crippen LogP contribution in [-0.2, 0) is 4.79 Å². The number of hydrogen-bond donors (Lipinski definition) is 2. The van der Waals surface area contributed by atoms with Crippen molar-refractivity contribution in [2.75, 3.05) is 0 Å². The Balaban J connectivity index is 2.33. The van der Waals surface area contributed by atoms with Crippen LogP contribution in [0.3, 0.4) is 0 Å². The summed E-state index contributed by atoms with van der Waals surface area (Å²) in [4.78, 5) is 23.7. The Morgan fingerprint density at radius 2 is 1.88 bits per heavy atom. The second kappa shape index (κ2) is 3.64. The maximum absolute atomic E-state index is 11.3. The molecular formula is C11H17NO4. The third kappa shape index (κ3) is 1.45. The number of aliphatic carboxylic acids is 1. The maximum Gasteiger partial charge on any atom is 0.408 e. The molecule has 0 radical (unpaired) electrons. The van der Waals surface area contributed by atoms with Crippen LogP contribution in [0, 0.1) is 5.92 Å². The van der Waals surface area contributed by atoms with E-state index in [2.05, 4.69) is 0 Å². The lowest BCUT2D eigenvalue weighted by Gasteiger charge is -2.34. The number of nitrogens with zero attached hydrogens (tertiary/aromatic N) is 1. The molecule has 2 rings (SSSR count). The quantitative estimate of drug-likeness (QED) is 0.715. The molecule has 0 bridgehead atoms. The Hall–Kier alpha value is -1.26. The van der Waals surface area contributed by atoms with Gasteiger partial charge in [0.05, 0.1) is 0 Å². The Morgan fingerprint density at radius 3 is 2.44 bits per heavy atom. The zero-order valence-electron chi connectivity index (χ0n) is 9.35. The van der Waals surface area contributed by atoms with E-state index in [4.69, 9.17) is 0 Å². The molecule has 0 aromatic carbocycles. The van der Waals surface area contributed by atoms with Crippen molar-refractivity contribution in [1.82, 2.24) is 4.90 Å². The van der Waals surface area contributed by atoms with Crippen molar-refractivity contribution in [2.24, 2.45) is 5.92 Å². The SMILES string of the molecule is C[C@]1(C(=O)O)C[C@@H]2CCCC[C@@H]2N1C(=O)O. The van der Waals surface area contributed by atoms with Gasteiger partial charge in [0.15, 0.2) is 0 Å². The number of hydrogen-bond acceptors (Lipinski definition) is 2. The number of carboxylic acids is 1. The van der Waals surface area contributed by atoms with Gasteiger partial charge in [-0.2, -0.15) is 0 Å². The van der Waals surface area contributed by atoms with Crippen molar-refractivity contribution in [3.63, 3.8) is 0 Å². The summed E-state index contributed by atoms with van der Waals surface area (Å²) in [5.74, 6) is -0.796. The normalized spacial score (nSPS) is 38.2. The summed E-state index contributed by atoms with van der Waals surface area (Å²) in [6, 6.07) is -0.0904. The predicted octanol–water partition coefficient (Wildman–Crippen LogP) is 1.77. The number of likely N-dealkylation sites (tertiary alicyclic amines) is 1. The van der Waals surface area contributed by atoms with Gasteiger partial charge < -0.3 is 10.2 Å². The third-order valence-corrected chi connectivity index (χ3v) is 4.06. The van der Waals surface area contributed by atoms with Crippen molar-refractivity contribution in [2.45, 2.75) is 50.6 Å². The second-order valence-electron chi connectivity index (χ2n) is 5.05. The number of carbonyl (C=O) groups is 2. The molecule has 0 aromatic rings. The first kappa shape index (κ1) is 11.2. The zero-order chi connectivity index (χ0) is 11.9. The van der Waals surface area contributed by atoms with E-state index < -0.39 is 17.6 Å². The van der Waals surface area contributed by atoms with E-state index >= 15 is 0 Å². The van der Waals surface area contributed by atoms with Crippen LogP contribution < -0.4 is 0 Å². The molecule has 3 atom stereocenters. The highest BCUT2D eigenvalue weighted by Crippen LogP contribution is 2.45. The van der Waals surface area contributed by atoms with Gasteiger partial charge in [0.1, 0.15) is 5.54 Å². The monoisotopic (exact) mass is 227 g/mol. The molecular weight excluding hydrogens is 210 g/mol. The van der Waals surface area contributed by atoms with Crippen molar-refractivity contribution in [1.29, 1.82) is 0 Å². The summed E-state index contributed by atoms with van der Waals surface area (Å²) >= 11 is 0. The summed E-state index contributed by atoms with van der Waals surface area (Å²) < 4.78 is 0. The molecule has 1 aliphatic heterocycles. The first-order valence-corrected chi connectivity index (χ1v) is 5.72. The third-order valence-electron chi connectivity index (χ3n) is 4.06. The highest BCUT2D eigenvalue weighted by molar-refractivity contribution is 5.84. The molecule has 1 heterocycles. The van der Waals surface area contributed by atoms with E-state index in [9.17, 15) is 19.8 Å². The Morgan fingerprint density at radius 1 is 1.25 bits per heavy atom. The van der Waals surface area contributed by atoms with Gasteiger partial charge in [-0.25, -0.2) is 9.59 Å². The Labute approximate surface area is 94.0 Å². The lowest BCUT2D eigenvalue weighted by Crippen LogP contribution is -2.53. The molecule has 0 spiro atoms. The summed E-state index contributed by atoms with van der Waals surface area (Å²) in [6.45, 7) is 1.53. The van der Waals surface area contributed by atoms with Gasteiger partial charge in [0.2, 0.25) is 0 Å². The summed E-state index contributed by atoms with van der Waals surface area (Å²) in [5.41, 5.74) is -1.23. The average Bonchev–Trinajstić information content (AvgIpc) is 2.51. The topological polar surface area (TPSA) is 77.8 Å². The molecule has 5 nitrogen and oxygen atoms in total. The Bertz CT molecular complexity index is 330. The highest BCUT2D eigenvalue weighted by Gasteiger charge is 2.55. The molecule has 0 aromatic heterocycles. The van der Waals surface area contributed by atoms with E-state index in [1.54, 1.807) is 0 Å². The van der Waals surface area contributed by atoms with Gasteiger partial charge in [0, 0.05) is 6.04 Å². The summed E-state index contributed by atoms with van der Waals surface area (Å²) in [6.07, 6.45) is 3.21. The van der Waals surface area contributed by atoms with Gasteiger partial charge in [-0.15, -0.1) is 0 Å². The summed E-state index contributed by atoms with van der Waals surface area (Å²) in [7, 11) is 0.